The third kappa shape index (κ3) is 2.93. The zero-order chi connectivity index (χ0) is 14.1. The Balaban J connectivity index is 2.10. The van der Waals surface area contributed by atoms with Gasteiger partial charge in [0.05, 0.1) is 0 Å². The molecule has 1 spiro atoms. The van der Waals surface area contributed by atoms with Gasteiger partial charge < -0.3 is 5.32 Å². The molecule has 1 aliphatic heterocycles. The summed E-state index contributed by atoms with van der Waals surface area (Å²) in [5, 5.41) is 6.25. The molecule has 2 fully saturated rings. The molecule has 0 aromatic rings. The van der Waals surface area contributed by atoms with Crippen LogP contribution in [0.2, 0.25) is 0 Å². The average molecular weight is 265 g/mol. The first kappa shape index (κ1) is 14.4. The van der Waals surface area contributed by atoms with Gasteiger partial charge in [0.1, 0.15) is 5.54 Å². The summed E-state index contributed by atoms with van der Waals surface area (Å²) >= 11 is 0. The van der Waals surface area contributed by atoms with Crippen molar-refractivity contribution in [3.05, 3.63) is 0 Å². The summed E-state index contributed by atoms with van der Waals surface area (Å²) in [4.78, 5) is 16.6. The summed E-state index contributed by atoms with van der Waals surface area (Å²) in [5.74, 6) is 1.49. The number of carbonyl (C=O) groups is 1. The van der Waals surface area contributed by atoms with Crippen molar-refractivity contribution in [1.82, 2.24) is 10.6 Å². The second kappa shape index (κ2) is 5.14. The number of amides is 1. The molecular formula is C15H27N3O. The fraction of sp³-hybridized carbons (Fsp3) is 0.867. The zero-order valence-electron chi connectivity index (χ0n) is 12.7. The van der Waals surface area contributed by atoms with Crippen molar-refractivity contribution >= 4 is 11.9 Å². The van der Waals surface area contributed by atoms with E-state index in [1.54, 1.807) is 0 Å². The Hall–Kier alpha value is -1.06. The zero-order valence-corrected chi connectivity index (χ0v) is 12.7. The first-order valence-corrected chi connectivity index (χ1v) is 7.51. The van der Waals surface area contributed by atoms with E-state index in [1.807, 2.05) is 6.92 Å². The third-order valence-corrected chi connectivity index (χ3v) is 4.64. The van der Waals surface area contributed by atoms with Gasteiger partial charge in [-0.1, -0.05) is 27.2 Å². The smallest absolute Gasteiger partial charge is 0.252 e. The summed E-state index contributed by atoms with van der Waals surface area (Å²) in [6.45, 7) is 9.60. The molecule has 0 bridgehead atoms. The van der Waals surface area contributed by atoms with Crippen LogP contribution in [0.15, 0.2) is 4.99 Å². The number of nitrogens with zero attached hydrogens (tertiary/aromatic N) is 1. The topological polar surface area (TPSA) is 53.5 Å². The molecule has 1 saturated carbocycles. The highest BCUT2D eigenvalue weighted by Crippen LogP contribution is 2.40. The molecule has 1 amide bonds. The van der Waals surface area contributed by atoms with Gasteiger partial charge in [-0.3, -0.25) is 15.1 Å². The molecule has 4 heteroatoms. The Morgan fingerprint density at radius 2 is 2.05 bits per heavy atom. The maximum absolute atomic E-state index is 12.3. The maximum atomic E-state index is 12.3. The second-order valence-corrected chi connectivity index (χ2v) is 6.98. The molecule has 108 valence electrons. The highest BCUT2D eigenvalue weighted by atomic mass is 16.2. The molecule has 0 aromatic carbocycles. The minimum absolute atomic E-state index is 0.120. The molecule has 2 N–H and O–H groups in total. The maximum Gasteiger partial charge on any atom is 0.252 e. The Kier molecular flexibility index (Phi) is 3.88. The fourth-order valence-electron chi connectivity index (χ4n) is 3.34. The lowest BCUT2D eigenvalue weighted by molar-refractivity contribution is -0.124. The lowest BCUT2D eigenvalue weighted by Crippen LogP contribution is -2.46. The Morgan fingerprint density at radius 3 is 2.68 bits per heavy atom. The molecule has 2 aliphatic rings. The minimum Gasteiger partial charge on any atom is -0.342 e. The van der Waals surface area contributed by atoms with Gasteiger partial charge in [0.2, 0.25) is 0 Å². The number of hydrogen-bond acceptors (Lipinski definition) is 2. The van der Waals surface area contributed by atoms with Gasteiger partial charge in [-0.05, 0) is 43.9 Å². The van der Waals surface area contributed by atoms with Crippen molar-refractivity contribution in [3.8, 4) is 0 Å². The molecule has 2 unspecified atom stereocenters. The van der Waals surface area contributed by atoms with Gasteiger partial charge >= 0.3 is 0 Å². The van der Waals surface area contributed by atoms with Crippen LogP contribution in [0.25, 0.3) is 0 Å². The molecule has 1 saturated heterocycles. The highest BCUT2D eigenvalue weighted by Gasteiger charge is 2.46. The van der Waals surface area contributed by atoms with Crippen molar-refractivity contribution in [2.45, 2.75) is 65.3 Å². The Labute approximate surface area is 116 Å². The summed E-state index contributed by atoms with van der Waals surface area (Å²) < 4.78 is 0. The summed E-state index contributed by atoms with van der Waals surface area (Å²) in [5.41, 5.74) is -0.0606. The van der Waals surface area contributed by atoms with Gasteiger partial charge in [0.15, 0.2) is 5.96 Å². The van der Waals surface area contributed by atoms with Gasteiger partial charge in [0, 0.05) is 6.54 Å². The Morgan fingerprint density at radius 1 is 1.32 bits per heavy atom. The minimum atomic E-state index is -0.395. The first-order chi connectivity index (χ1) is 8.87. The first-order valence-electron chi connectivity index (χ1n) is 7.51. The van der Waals surface area contributed by atoms with E-state index in [2.05, 4.69) is 36.4 Å². The normalized spacial score (nSPS) is 34.2. The molecule has 19 heavy (non-hydrogen) atoms. The number of carbonyl (C=O) groups excluding carboxylic acids is 1. The molecular weight excluding hydrogens is 238 g/mol. The van der Waals surface area contributed by atoms with E-state index >= 15 is 0 Å². The van der Waals surface area contributed by atoms with Crippen molar-refractivity contribution < 1.29 is 4.79 Å². The van der Waals surface area contributed by atoms with Gasteiger partial charge in [-0.25, -0.2) is 0 Å². The van der Waals surface area contributed by atoms with E-state index in [1.165, 1.54) is 6.42 Å². The SMILES string of the molecule is CCN=C1NC(=O)C2(CCCC(C(C)(C)C)CC2)N1. The lowest BCUT2D eigenvalue weighted by atomic mass is 9.76. The molecule has 2 rings (SSSR count). The molecule has 0 aromatic heterocycles. The van der Waals surface area contributed by atoms with E-state index in [0.717, 1.165) is 25.7 Å². The summed E-state index contributed by atoms with van der Waals surface area (Å²) in [6, 6.07) is 0. The summed E-state index contributed by atoms with van der Waals surface area (Å²) in [7, 11) is 0. The van der Waals surface area contributed by atoms with Crippen molar-refractivity contribution in [1.29, 1.82) is 0 Å². The number of guanidine groups is 1. The van der Waals surface area contributed by atoms with Crippen LogP contribution in [0.3, 0.4) is 0 Å². The van der Waals surface area contributed by atoms with Crippen LogP contribution in [0, 0.1) is 11.3 Å². The standard InChI is InChI=1S/C15H27N3O/c1-5-16-13-17-12(19)15(18-13)9-6-7-11(8-10-15)14(2,3)4/h11H,5-10H2,1-4H3,(H2,16,17,18,19). The van der Waals surface area contributed by atoms with Crippen LogP contribution in [-0.2, 0) is 4.79 Å². The van der Waals surface area contributed by atoms with Crippen molar-refractivity contribution in [3.63, 3.8) is 0 Å². The van der Waals surface area contributed by atoms with E-state index < -0.39 is 5.54 Å². The number of aliphatic imine (C=N–C) groups is 1. The summed E-state index contributed by atoms with van der Waals surface area (Å²) in [6.07, 6.45) is 5.29. The molecule has 4 nitrogen and oxygen atoms in total. The van der Waals surface area contributed by atoms with Crippen molar-refractivity contribution in [2.24, 2.45) is 16.3 Å². The molecule has 0 radical (unpaired) electrons. The van der Waals surface area contributed by atoms with Crippen LogP contribution in [0.5, 0.6) is 0 Å². The van der Waals surface area contributed by atoms with E-state index in [9.17, 15) is 4.79 Å². The van der Waals surface area contributed by atoms with E-state index in [0.29, 0.717) is 23.8 Å². The third-order valence-electron chi connectivity index (χ3n) is 4.64. The van der Waals surface area contributed by atoms with Crippen LogP contribution < -0.4 is 10.6 Å². The predicted molar refractivity (Wildman–Crippen MR) is 78.0 cm³/mol. The fourth-order valence-corrected chi connectivity index (χ4v) is 3.34. The average Bonchev–Trinajstić information content (AvgIpc) is 2.49. The number of nitrogens with one attached hydrogen (secondary N) is 2. The van der Waals surface area contributed by atoms with Crippen LogP contribution >= 0.6 is 0 Å². The van der Waals surface area contributed by atoms with Gasteiger partial charge in [-0.15, -0.1) is 0 Å². The van der Waals surface area contributed by atoms with Crippen molar-refractivity contribution in [2.75, 3.05) is 6.54 Å². The monoisotopic (exact) mass is 265 g/mol. The predicted octanol–water partition coefficient (Wildman–Crippen LogP) is 2.45. The molecule has 2 atom stereocenters. The van der Waals surface area contributed by atoms with E-state index in [4.69, 9.17) is 0 Å². The molecule has 1 aliphatic carbocycles. The largest absolute Gasteiger partial charge is 0.342 e. The lowest BCUT2D eigenvalue weighted by Gasteiger charge is -2.30. The van der Waals surface area contributed by atoms with Gasteiger partial charge in [-0.2, -0.15) is 0 Å². The van der Waals surface area contributed by atoms with Crippen LogP contribution in [0.4, 0.5) is 0 Å². The van der Waals surface area contributed by atoms with Gasteiger partial charge in [0.25, 0.3) is 5.91 Å². The number of hydrogen-bond donors (Lipinski definition) is 2. The second-order valence-electron chi connectivity index (χ2n) is 6.98. The van der Waals surface area contributed by atoms with E-state index in [-0.39, 0.29) is 5.91 Å². The number of rotatable bonds is 1. The molecule has 1 heterocycles. The Bertz CT molecular complexity index is 383. The highest BCUT2D eigenvalue weighted by molar-refractivity contribution is 6.09. The van der Waals surface area contributed by atoms with Crippen LogP contribution in [-0.4, -0.2) is 24.0 Å². The van der Waals surface area contributed by atoms with Crippen LogP contribution in [0.1, 0.15) is 59.8 Å². The quantitative estimate of drug-likeness (QED) is 0.765.